The number of fused-ring (bicyclic) bond motifs is 3. The van der Waals surface area contributed by atoms with Crippen LogP contribution in [0.3, 0.4) is 0 Å². The predicted molar refractivity (Wildman–Crippen MR) is 103 cm³/mol. The third-order valence-electron chi connectivity index (χ3n) is 5.02. The quantitative estimate of drug-likeness (QED) is 0.651. The zero-order valence-electron chi connectivity index (χ0n) is 14.1. The van der Waals surface area contributed by atoms with E-state index in [1.165, 1.54) is 10.4 Å². The van der Waals surface area contributed by atoms with E-state index in [0.717, 1.165) is 51.9 Å². The molecule has 0 amide bonds. The lowest BCUT2D eigenvalue weighted by Gasteiger charge is -2.18. The highest BCUT2D eigenvalue weighted by Crippen LogP contribution is 2.45. The van der Waals surface area contributed by atoms with Crippen LogP contribution in [-0.4, -0.2) is 16.1 Å². The number of thiophene rings is 1. The number of halogens is 1. The molecule has 5 heteroatoms. The van der Waals surface area contributed by atoms with Crippen molar-refractivity contribution in [3.8, 4) is 11.1 Å². The van der Waals surface area contributed by atoms with Crippen molar-refractivity contribution >= 4 is 39.1 Å². The van der Waals surface area contributed by atoms with Crippen LogP contribution in [0.25, 0.3) is 21.3 Å². The molecule has 2 heterocycles. The number of nitrogens with zero attached hydrogens (tertiary/aromatic N) is 1. The second-order valence-electron chi connectivity index (χ2n) is 6.59. The highest BCUT2D eigenvalue weighted by molar-refractivity contribution is 7.19. The first-order valence-corrected chi connectivity index (χ1v) is 9.60. The Hall–Kier alpha value is -1.91. The van der Waals surface area contributed by atoms with Gasteiger partial charge in [0, 0.05) is 21.0 Å². The molecule has 2 aromatic heterocycles. The Morgan fingerprint density at radius 3 is 2.68 bits per heavy atom. The molecule has 0 bridgehead atoms. The van der Waals surface area contributed by atoms with Gasteiger partial charge in [0.1, 0.15) is 4.83 Å². The zero-order valence-corrected chi connectivity index (χ0v) is 15.7. The molecule has 0 saturated heterocycles. The summed E-state index contributed by atoms with van der Waals surface area (Å²) in [5.41, 5.74) is 5.00. The largest absolute Gasteiger partial charge is 0.481 e. The second kappa shape index (κ2) is 6.11. The highest BCUT2D eigenvalue weighted by atomic mass is 35.5. The molecule has 1 atom stereocenters. The van der Waals surface area contributed by atoms with Gasteiger partial charge in [-0.3, -0.25) is 4.79 Å². The van der Waals surface area contributed by atoms with Crippen molar-refractivity contribution in [3.05, 3.63) is 51.0 Å². The van der Waals surface area contributed by atoms with E-state index in [2.05, 4.69) is 0 Å². The van der Waals surface area contributed by atoms with Gasteiger partial charge in [-0.25, -0.2) is 4.98 Å². The third-order valence-corrected chi connectivity index (χ3v) is 6.46. The zero-order chi connectivity index (χ0) is 17.7. The van der Waals surface area contributed by atoms with Gasteiger partial charge >= 0.3 is 5.97 Å². The molecular formula is C20H18ClNO2S. The summed E-state index contributed by atoms with van der Waals surface area (Å²) in [4.78, 5) is 18.9. The Kier molecular flexibility index (Phi) is 4.05. The van der Waals surface area contributed by atoms with E-state index in [1.54, 1.807) is 18.3 Å². The van der Waals surface area contributed by atoms with E-state index in [1.807, 2.05) is 31.2 Å². The summed E-state index contributed by atoms with van der Waals surface area (Å²) in [7, 11) is 0. The maximum absolute atomic E-state index is 11.8. The molecular weight excluding hydrogens is 354 g/mol. The third kappa shape index (κ3) is 2.64. The van der Waals surface area contributed by atoms with Crippen LogP contribution in [-0.2, 0) is 17.6 Å². The fourth-order valence-corrected chi connectivity index (χ4v) is 5.27. The smallest absolute Gasteiger partial charge is 0.310 e. The van der Waals surface area contributed by atoms with Crippen molar-refractivity contribution in [1.82, 2.24) is 4.98 Å². The average molecular weight is 372 g/mol. The van der Waals surface area contributed by atoms with Gasteiger partial charge in [0.2, 0.25) is 0 Å². The van der Waals surface area contributed by atoms with Crippen LogP contribution in [0.15, 0.2) is 24.3 Å². The van der Waals surface area contributed by atoms with Crippen LogP contribution < -0.4 is 0 Å². The van der Waals surface area contributed by atoms with Crippen molar-refractivity contribution in [2.45, 2.75) is 39.0 Å². The first kappa shape index (κ1) is 16.6. The SMILES string of the molecule is Cc1nc2sc3c(c2c(-c2ccc(Cl)cc2)c1C(C)C(=O)O)CCC3. The minimum atomic E-state index is -0.827. The van der Waals surface area contributed by atoms with Crippen molar-refractivity contribution in [2.24, 2.45) is 0 Å². The first-order chi connectivity index (χ1) is 12.0. The Morgan fingerprint density at radius 1 is 1.28 bits per heavy atom. The Balaban J connectivity index is 2.12. The number of carbonyl (C=O) groups is 1. The Bertz CT molecular complexity index is 991. The molecule has 128 valence electrons. The standard InChI is InChI=1S/C20H18ClNO2S/c1-10(20(23)24)16-11(2)22-19-18(14-4-3-5-15(14)25-19)17(16)12-6-8-13(21)9-7-12/h6-10H,3-5H2,1-2H3,(H,23,24). The minimum absolute atomic E-state index is 0.612. The number of hydrogen-bond donors (Lipinski definition) is 1. The molecule has 0 radical (unpaired) electrons. The molecule has 0 fully saturated rings. The highest BCUT2D eigenvalue weighted by Gasteiger charge is 2.28. The topological polar surface area (TPSA) is 50.2 Å². The molecule has 25 heavy (non-hydrogen) atoms. The number of aryl methyl sites for hydroxylation is 3. The number of aromatic nitrogens is 1. The lowest BCUT2D eigenvalue weighted by atomic mass is 9.87. The summed E-state index contributed by atoms with van der Waals surface area (Å²) in [5, 5.41) is 11.5. The van der Waals surface area contributed by atoms with Crippen LogP contribution >= 0.6 is 22.9 Å². The van der Waals surface area contributed by atoms with Crippen molar-refractivity contribution in [3.63, 3.8) is 0 Å². The van der Waals surface area contributed by atoms with Gasteiger partial charge in [0.25, 0.3) is 0 Å². The predicted octanol–water partition coefficient (Wildman–Crippen LogP) is 5.60. The number of carboxylic acids is 1. The maximum Gasteiger partial charge on any atom is 0.310 e. The van der Waals surface area contributed by atoms with E-state index in [-0.39, 0.29) is 0 Å². The summed E-state index contributed by atoms with van der Waals surface area (Å²) in [5.74, 6) is -1.44. The van der Waals surface area contributed by atoms with Gasteiger partial charge in [0.05, 0.1) is 5.92 Å². The fraction of sp³-hybridized carbons (Fsp3) is 0.300. The molecule has 0 saturated carbocycles. The van der Waals surface area contributed by atoms with E-state index in [9.17, 15) is 9.90 Å². The summed E-state index contributed by atoms with van der Waals surface area (Å²) in [6.45, 7) is 3.66. The molecule has 0 spiro atoms. The van der Waals surface area contributed by atoms with Gasteiger partial charge in [-0.05, 0) is 67.5 Å². The number of hydrogen-bond acceptors (Lipinski definition) is 3. The molecule has 1 unspecified atom stereocenters. The second-order valence-corrected chi connectivity index (χ2v) is 8.11. The van der Waals surface area contributed by atoms with Gasteiger partial charge in [0.15, 0.2) is 0 Å². The van der Waals surface area contributed by atoms with Crippen LogP contribution in [0.4, 0.5) is 0 Å². The van der Waals surface area contributed by atoms with Gasteiger partial charge in [-0.15, -0.1) is 11.3 Å². The van der Waals surface area contributed by atoms with E-state index in [4.69, 9.17) is 16.6 Å². The number of rotatable bonds is 3. The van der Waals surface area contributed by atoms with Crippen LogP contribution in [0.2, 0.25) is 5.02 Å². The van der Waals surface area contributed by atoms with Gasteiger partial charge < -0.3 is 5.11 Å². The van der Waals surface area contributed by atoms with E-state index >= 15 is 0 Å². The lowest BCUT2D eigenvalue weighted by Crippen LogP contribution is -2.12. The molecule has 3 aromatic rings. The maximum atomic E-state index is 11.8. The van der Waals surface area contributed by atoms with Crippen molar-refractivity contribution < 1.29 is 9.90 Å². The first-order valence-electron chi connectivity index (χ1n) is 8.41. The van der Waals surface area contributed by atoms with Crippen molar-refractivity contribution in [1.29, 1.82) is 0 Å². The number of pyridine rings is 1. The normalized spacial score (nSPS) is 14.7. The lowest BCUT2D eigenvalue weighted by molar-refractivity contribution is -0.138. The molecule has 1 aromatic carbocycles. The molecule has 1 aliphatic carbocycles. The van der Waals surface area contributed by atoms with Crippen LogP contribution in [0.5, 0.6) is 0 Å². The minimum Gasteiger partial charge on any atom is -0.481 e. The molecule has 1 N–H and O–H groups in total. The summed E-state index contributed by atoms with van der Waals surface area (Å²) in [6, 6.07) is 7.68. The summed E-state index contributed by atoms with van der Waals surface area (Å²) in [6.07, 6.45) is 3.30. The molecule has 3 nitrogen and oxygen atoms in total. The summed E-state index contributed by atoms with van der Waals surface area (Å²) >= 11 is 7.83. The molecule has 0 aliphatic heterocycles. The molecule has 1 aliphatic rings. The monoisotopic (exact) mass is 371 g/mol. The van der Waals surface area contributed by atoms with Crippen molar-refractivity contribution in [2.75, 3.05) is 0 Å². The van der Waals surface area contributed by atoms with Crippen LogP contribution in [0, 0.1) is 6.92 Å². The van der Waals surface area contributed by atoms with E-state index in [0.29, 0.717) is 5.02 Å². The fourth-order valence-electron chi connectivity index (χ4n) is 3.82. The number of benzene rings is 1. The summed E-state index contributed by atoms with van der Waals surface area (Å²) < 4.78 is 0. The Labute approximate surface area is 155 Å². The van der Waals surface area contributed by atoms with Gasteiger partial charge in [-0.1, -0.05) is 23.7 Å². The van der Waals surface area contributed by atoms with Gasteiger partial charge in [-0.2, -0.15) is 0 Å². The van der Waals surface area contributed by atoms with E-state index < -0.39 is 11.9 Å². The Morgan fingerprint density at radius 2 is 2.00 bits per heavy atom. The number of aliphatic carboxylic acids is 1. The number of carboxylic acid groups (broad SMARTS) is 1. The average Bonchev–Trinajstić information content (AvgIpc) is 3.14. The molecule has 4 rings (SSSR count). The van der Waals surface area contributed by atoms with Crippen LogP contribution in [0.1, 0.15) is 41.0 Å².